The summed E-state index contributed by atoms with van der Waals surface area (Å²) in [6.07, 6.45) is 1.24. The predicted octanol–water partition coefficient (Wildman–Crippen LogP) is 1.74. The molecule has 0 amide bonds. The molecule has 1 aromatic rings. The molecule has 5 heteroatoms. The van der Waals surface area contributed by atoms with Gasteiger partial charge in [0.1, 0.15) is 6.29 Å². The molecule has 4 nitrogen and oxygen atoms in total. The lowest BCUT2D eigenvalue weighted by molar-refractivity contribution is 0.112. The Labute approximate surface area is 102 Å². The fourth-order valence-electron chi connectivity index (χ4n) is 1.66. The van der Waals surface area contributed by atoms with Crippen LogP contribution in [0.1, 0.15) is 36.7 Å². The van der Waals surface area contributed by atoms with Crippen LogP contribution in [-0.2, 0) is 16.4 Å². The molecular weight excluding hydrogens is 238 g/mol. The molecule has 0 atom stereocenters. The molecule has 0 heterocycles. The van der Waals surface area contributed by atoms with Crippen LogP contribution < -0.4 is 5.14 Å². The molecule has 94 valence electrons. The van der Waals surface area contributed by atoms with Crippen LogP contribution >= 0.6 is 0 Å². The van der Waals surface area contributed by atoms with Crippen molar-refractivity contribution in [2.45, 2.75) is 32.1 Å². The summed E-state index contributed by atoms with van der Waals surface area (Å²) in [5.41, 5.74) is 0.960. The predicted molar refractivity (Wildman–Crippen MR) is 66.4 cm³/mol. The highest BCUT2D eigenvalue weighted by atomic mass is 32.2. The molecule has 2 N–H and O–H groups in total. The Morgan fingerprint density at radius 2 is 1.88 bits per heavy atom. The summed E-state index contributed by atoms with van der Waals surface area (Å²) >= 11 is 0. The van der Waals surface area contributed by atoms with Crippen LogP contribution in [0.3, 0.4) is 0 Å². The summed E-state index contributed by atoms with van der Waals surface area (Å²) in [5.74, 6) is 0. The van der Waals surface area contributed by atoms with Gasteiger partial charge in [0.25, 0.3) is 0 Å². The normalized spacial score (nSPS) is 12.5. The van der Waals surface area contributed by atoms with Crippen LogP contribution in [0.4, 0.5) is 0 Å². The van der Waals surface area contributed by atoms with Gasteiger partial charge in [-0.05, 0) is 29.5 Å². The Hall–Kier alpha value is -1.20. The van der Waals surface area contributed by atoms with Crippen LogP contribution in [0.25, 0.3) is 0 Å². The van der Waals surface area contributed by atoms with Gasteiger partial charge in [0.05, 0.1) is 4.90 Å². The fourth-order valence-corrected chi connectivity index (χ4v) is 2.41. The average Bonchev–Trinajstić information content (AvgIpc) is 2.13. The lowest BCUT2D eigenvalue weighted by Gasteiger charge is -2.20. The zero-order chi connectivity index (χ0) is 13.3. The molecule has 0 aliphatic rings. The van der Waals surface area contributed by atoms with Crippen LogP contribution in [0.15, 0.2) is 23.1 Å². The maximum atomic E-state index is 11.4. The SMILES string of the molecule is CC(C)(C)Cc1cc(C=O)ccc1S(N)(=O)=O. The van der Waals surface area contributed by atoms with Crippen molar-refractivity contribution in [3.05, 3.63) is 29.3 Å². The minimum Gasteiger partial charge on any atom is -0.298 e. The Morgan fingerprint density at radius 3 is 2.29 bits per heavy atom. The number of aldehydes is 1. The van der Waals surface area contributed by atoms with Gasteiger partial charge in [0, 0.05) is 5.56 Å². The molecule has 1 rings (SSSR count). The van der Waals surface area contributed by atoms with Crippen LogP contribution in [0.5, 0.6) is 0 Å². The summed E-state index contributed by atoms with van der Waals surface area (Å²) in [7, 11) is -3.75. The molecule has 0 saturated carbocycles. The monoisotopic (exact) mass is 255 g/mol. The molecule has 0 aromatic heterocycles. The van der Waals surface area contributed by atoms with E-state index in [4.69, 9.17) is 5.14 Å². The third-order valence-corrected chi connectivity index (χ3v) is 3.26. The molecule has 17 heavy (non-hydrogen) atoms. The highest BCUT2D eigenvalue weighted by Gasteiger charge is 2.19. The highest BCUT2D eigenvalue weighted by Crippen LogP contribution is 2.25. The van der Waals surface area contributed by atoms with Gasteiger partial charge in [0.2, 0.25) is 10.0 Å². The molecule has 0 fully saturated rings. The quantitative estimate of drug-likeness (QED) is 0.836. The minimum atomic E-state index is -3.75. The first-order valence-corrected chi connectivity index (χ1v) is 6.79. The van der Waals surface area contributed by atoms with Crippen molar-refractivity contribution >= 4 is 16.3 Å². The first-order chi connectivity index (χ1) is 7.63. The van der Waals surface area contributed by atoms with E-state index in [0.29, 0.717) is 23.8 Å². The number of sulfonamides is 1. The molecule has 0 saturated heterocycles. The molecule has 0 aliphatic carbocycles. The lowest BCUT2D eigenvalue weighted by Crippen LogP contribution is -2.18. The summed E-state index contributed by atoms with van der Waals surface area (Å²) in [5, 5.41) is 5.15. The minimum absolute atomic E-state index is 0.0824. The summed E-state index contributed by atoms with van der Waals surface area (Å²) in [6.45, 7) is 5.98. The van der Waals surface area contributed by atoms with Gasteiger partial charge >= 0.3 is 0 Å². The second kappa shape index (κ2) is 4.58. The third kappa shape index (κ3) is 3.94. The van der Waals surface area contributed by atoms with Gasteiger partial charge < -0.3 is 0 Å². The summed E-state index contributed by atoms with van der Waals surface area (Å²) in [6, 6.07) is 4.43. The second-order valence-electron chi connectivity index (χ2n) is 5.27. The zero-order valence-corrected chi connectivity index (χ0v) is 11.0. The van der Waals surface area contributed by atoms with E-state index in [0.717, 1.165) is 0 Å². The van der Waals surface area contributed by atoms with E-state index in [1.807, 2.05) is 20.8 Å². The Kier molecular flexibility index (Phi) is 3.74. The van der Waals surface area contributed by atoms with Crippen LogP contribution in [0.2, 0.25) is 0 Å². The van der Waals surface area contributed by atoms with Gasteiger partial charge in [-0.15, -0.1) is 0 Å². The fraction of sp³-hybridized carbons (Fsp3) is 0.417. The standard InChI is InChI=1S/C12H17NO3S/c1-12(2,3)7-10-6-9(8-14)4-5-11(10)17(13,15)16/h4-6,8H,7H2,1-3H3,(H2,13,15,16). The maximum Gasteiger partial charge on any atom is 0.238 e. The second-order valence-corrected chi connectivity index (χ2v) is 6.80. The van der Waals surface area contributed by atoms with E-state index >= 15 is 0 Å². The van der Waals surface area contributed by atoms with E-state index in [9.17, 15) is 13.2 Å². The molecule has 0 radical (unpaired) electrons. The van der Waals surface area contributed by atoms with Gasteiger partial charge in [-0.25, -0.2) is 13.6 Å². The van der Waals surface area contributed by atoms with Crippen LogP contribution in [0, 0.1) is 5.41 Å². The van der Waals surface area contributed by atoms with Crippen molar-refractivity contribution in [3.63, 3.8) is 0 Å². The van der Waals surface area contributed by atoms with E-state index < -0.39 is 10.0 Å². The number of hydrogen-bond acceptors (Lipinski definition) is 3. The van der Waals surface area contributed by atoms with E-state index in [-0.39, 0.29) is 10.3 Å². The van der Waals surface area contributed by atoms with Crippen molar-refractivity contribution in [2.75, 3.05) is 0 Å². The number of hydrogen-bond donors (Lipinski definition) is 1. The number of nitrogens with two attached hydrogens (primary N) is 1. The Bertz CT molecular complexity index is 527. The lowest BCUT2D eigenvalue weighted by atomic mass is 9.88. The van der Waals surface area contributed by atoms with E-state index in [1.165, 1.54) is 12.1 Å². The van der Waals surface area contributed by atoms with E-state index in [2.05, 4.69) is 0 Å². The number of carbonyl (C=O) groups excluding carboxylic acids is 1. The number of primary sulfonamides is 1. The number of carbonyl (C=O) groups is 1. The molecule has 1 aromatic carbocycles. The first kappa shape index (κ1) is 13.9. The van der Waals surface area contributed by atoms with Crippen molar-refractivity contribution in [1.82, 2.24) is 0 Å². The summed E-state index contributed by atoms with van der Waals surface area (Å²) in [4.78, 5) is 10.8. The highest BCUT2D eigenvalue weighted by molar-refractivity contribution is 7.89. The summed E-state index contributed by atoms with van der Waals surface area (Å²) < 4.78 is 22.9. The molecule has 0 aliphatic heterocycles. The van der Waals surface area contributed by atoms with Gasteiger partial charge in [0.15, 0.2) is 0 Å². The Morgan fingerprint density at radius 1 is 1.29 bits per heavy atom. The van der Waals surface area contributed by atoms with Gasteiger partial charge in [-0.3, -0.25) is 4.79 Å². The molecule has 0 unspecified atom stereocenters. The first-order valence-electron chi connectivity index (χ1n) is 5.24. The van der Waals surface area contributed by atoms with Crippen molar-refractivity contribution in [2.24, 2.45) is 10.6 Å². The zero-order valence-electron chi connectivity index (χ0n) is 10.2. The topological polar surface area (TPSA) is 77.2 Å². The number of benzene rings is 1. The van der Waals surface area contributed by atoms with Gasteiger partial charge in [-0.1, -0.05) is 26.8 Å². The molecule has 0 spiro atoms. The van der Waals surface area contributed by atoms with Crippen molar-refractivity contribution in [1.29, 1.82) is 0 Å². The van der Waals surface area contributed by atoms with Crippen LogP contribution in [-0.4, -0.2) is 14.7 Å². The van der Waals surface area contributed by atoms with Gasteiger partial charge in [-0.2, -0.15) is 0 Å². The molecular formula is C12H17NO3S. The van der Waals surface area contributed by atoms with Crippen molar-refractivity contribution < 1.29 is 13.2 Å². The van der Waals surface area contributed by atoms with Crippen molar-refractivity contribution in [3.8, 4) is 0 Å². The van der Waals surface area contributed by atoms with E-state index in [1.54, 1.807) is 6.07 Å². The average molecular weight is 255 g/mol. The number of rotatable bonds is 3. The third-order valence-electron chi connectivity index (χ3n) is 2.25. The Balaban J connectivity index is 3.36. The smallest absolute Gasteiger partial charge is 0.238 e. The molecule has 0 bridgehead atoms. The largest absolute Gasteiger partial charge is 0.298 e. The maximum absolute atomic E-state index is 11.4.